The zero-order valence-electron chi connectivity index (χ0n) is 25.8. The number of alkyl halides is 6. The minimum atomic E-state index is -4.93. The van der Waals surface area contributed by atoms with Crippen molar-refractivity contribution in [3.63, 3.8) is 0 Å². The number of aliphatic carboxylic acids is 1. The minimum Gasteiger partial charge on any atom is -0.480 e. The molecule has 6 rings (SSSR count). The Morgan fingerprint density at radius 1 is 0.980 bits per heavy atom. The van der Waals surface area contributed by atoms with Gasteiger partial charge in [-0.25, -0.2) is 18.4 Å². The van der Waals surface area contributed by atoms with E-state index in [4.69, 9.17) is 10.5 Å². The van der Waals surface area contributed by atoms with Gasteiger partial charge in [-0.1, -0.05) is 23.5 Å². The third-order valence-electron chi connectivity index (χ3n) is 7.58. The summed E-state index contributed by atoms with van der Waals surface area (Å²) in [6.07, 6.45) is -6.31. The van der Waals surface area contributed by atoms with Crippen LogP contribution < -0.4 is 20.1 Å². The van der Waals surface area contributed by atoms with E-state index in [0.717, 1.165) is 47.0 Å². The average Bonchev–Trinajstić information content (AvgIpc) is 3.74. The molecule has 2 fully saturated rings. The Labute approximate surface area is 284 Å². The number of benzene rings is 2. The fraction of sp³-hybridized carbons (Fsp3) is 0.379. The first-order valence-electron chi connectivity index (χ1n) is 14.5. The van der Waals surface area contributed by atoms with Crippen LogP contribution in [0.15, 0.2) is 59.6 Å². The smallest absolute Gasteiger partial charge is 0.480 e. The highest BCUT2D eigenvalue weighted by molar-refractivity contribution is 7.89. The lowest BCUT2D eigenvalue weighted by Gasteiger charge is -2.38. The molecule has 21 heteroatoms. The predicted molar refractivity (Wildman–Crippen MR) is 165 cm³/mol. The third-order valence-corrected chi connectivity index (χ3v) is 10.5. The number of nitrogens with zero attached hydrogens (tertiary/aromatic N) is 5. The van der Waals surface area contributed by atoms with E-state index in [-0.39, 0.29) is 30.3 Å². The van der Waals surface area contributed by atoms with Gasteiger partial charge in [0.15, 0.2) is 16.6 Å². The average molecular weight is 751 g/mol. The van der Waals surface area contributed by atoms with Crippen molar-refractivity contribution in [2.24, 2.45) is 5.73 Å². The van der Waals surface area contributed by atoms with Crippen molar-refractivity contribution < 1.29 is 58.9 Å². The molecule has 0 amide bonds. The van der Waals surface area contributed by atoms with Crippen LogP contribution in [0.25, 0.3) is 10.3 Å². The van der Waals surface area contributed by atoms with Crippen LogP contribution in [0.1, 0.15) is 24.2 Å². The number of hydrogen-bond donors (Lipinski definition) is 2. The Kier molecular flexibility index (Phi) is 10.4. The maximum absolute atomic E-state index is 13.2. The lowest BCUT2D eigenvalue weighted by molar-refractivity contribution is -0.275. The van der Waals surface area contributed by atoms with Gasteiger partial charge in [0.25, 0.3) is 0 Å². The Morgan fingerprint density at radius 2 is 1.56 bits per heavy atom. The standard InChI is InChI=1S/C21H20F3N5O6S2.C8H8F3NO/c1-34-20(6-7-20)18-25-10-15-16(26-18)27-19(36-15)28-8-9-29(14(11-28)17(30)31)37(32,33)13-4-2-12(3-5-13)35-21(22,23)24;9-8(10,11)13-7-3-1-6(5-12)2-4-7/h2-5,10,14H,6-9,11H2,1H3,(H,30,31);1-4H,5,12H2/t14-;/m1./s1. The van der Waals surface area contributed by atoms with Gasteiger partial charge in [0, 0.05) is 33.3 Å². The van der Waals surface area contributed by atoms with E-state index >= 15 is 0 Å². The third kappa shape index (κ3) is 8.70. The Bertz CT molecular complexity index is 1920. The van der Waals surface area contributed by atoms with E-state index in [9.17, 15) is 44.7 Å². The van der Waals surface area contributed by atoms with Gasteiger partial charge in [-0.05, 0) is 54.8 Å². The molecule has 3 N–H and O–H groups in total. The number of thiazole rings is 1. The number of rotatable bonds is 9. The molecule has 13 nitrogen and oxygen atoms in total. The topological polar surface area (TPSA) is 170 Å². The van der Waals surface area contributed by atoms with Crippen LogP contribution in [-0.2, 0) is 31.7 Å². The number of fused-ring (bicyclic) bond motifs is 1. The van der Waals surface area contributed by atoms with E-state index in [1.54, 1.807) is 18.2 Å². The van der Waals surface area contributed by atoms with Gasteiger partial charge >= 0.3 is 18.7 Å². The van der Waals surface area contributed by atoms with Gasteiger partial charge < -0.3 is 30.0 Å². The number of anilines is 1. The summed E-state index contributed by atoms with van der Waals surface area (Å²) in [5.74, 6) is -1.66. The first-order chi connectivity index (χ1) is 23.4. The summed E-state index contributed by atoms with van der Waals surface area (Å²) in [6, 6.07) is 7.59. The fourth-order valence-corrected chi connectivity index (χ4v) is 7.39. The molecular formula is C29H28F6N6O7S2. The summed E-state index contributed by atoms with van der Waals surface area (Å²) in [5.41, 5.74) is 5.97. The van der Waals surface area contributed by atoms with Crippen LogP contribution >= 0.6 is 11.3 Å². The number of ether oxygens (including phenoxy) is 3. The van der Waals surface area contributed by atoms with Crippen molar-refractivity contribution in [2.45, 2.75) is 48.6 Å². The van der Waals surface area contributed by atoms with E-state index in [2.05, 4.69) is 24.4 Å². The van der Waals surface area contributed by atoms with Crippen molar-refractivity contribution in [3.05, 3.63) is 66.1 Å². The molecule has 3 heterocycles. The van der Waals surface area contributed by atoms with Gasteiger partial charge in [-0.3, -0.25) is 4.79 Å². The second kappa shape index (κ2) is 14.1. The SMILES string of the molecule is COC1(c2ncc3sc(N4CCN(S(=O)(=O)c5ccc(OC(F)(F)F)cc5)[C@@H](C(=O)O)C4)nc3n2)CC1.NCc1ccc(OC(F)(F)F)cc1. The maximum Gasteiger partial charge on any atom is 0.573 e. The molecule has 1 saturated heterocycles. The second-order valence-electron chi connectivity index (χ2n) is 10.9. The highest BCUT2D eigenvalue weighted by atomic mass is 32.2. The molecule has 50 heavy (non-hydrogen) atoms. The van der Waals surface area contributed by atoms with Crippen LogP contribution in [-0.4, -0.2) is 84.3 Å². The van der Waals surface area contributed by atoms with E-state index in [0.29, 0.717) is 27.8 Å². The van der Waals surface area contributed by atoms with Crippen LogP contribution in [0.3, 0.4) is 0 Å². The highest BCUT2D eigenvalue weighted by Gasteiger charge is 2.48. The molecule has 2 aromatic carbocycles. The quantitative estimate of drug-likeness (QED) is 0.228. The van der Waals surface area contributed by atoms with Crippen molar-refractivity contribution >= 4 is 42.8 Å². The molecule has 270 valence electrons. The summed E-state index contributed by atoms with van der Waals surface area (Å²) >= 11 is 1.26. The Balaban J connectivity index is 0.000000315. The van der Waals surface area contributed by atoms with E-state index in [1.807, 2.05) is 0 Å². The zero-order chi connectivity index (χ0) is 36.5. The Morgan fingerprint density at radius 3 is 2.06 bits per heavy atom. The van der Waals surface area contributed by atoms with Gasteiger partial charge in [0.2, 0.25) is 10.0 Å². The Hall–Kier alpha value is -4.31. The lowest BCUT2D eigenvalue weighted by Crippen LogP contribution is -2.58. The zero-order valence-corrected chi connectivity index (χ0v) is 27.4. The molecule has 2 aromatic heterocycles. The van der Waals surface area contributed by atoms with Gasteiger partial charge in [0.05, 0.1) is 15.8 Å². The number of methoxy groups -OCH3 is 1. The van der Waals surface area contributed by atoms with Crippen molar-refractivity contribution in [2.75, 3.05) is 31.6 Å². The minimum absolute atomic E-state index is 0.139. The molecule has 1 atom stereocenters. The fourth-order valence-electron chi connectivity index (χ4n) is 4.92. The number of carboxylic acids is 1. The van der Waals surface area contributed by atoms with Crippen LogP contribution in [0.5, 0.6) is 11.5 Å². The molecule has 1 aliphatic heterocycles. The van der Waals surface area contributed by atoms with E-state index < -0.39 is 46.1 Å². The molecule has 0 bridgehead atoms. The highest BCUT2D eigenvalue weighted by Crippen LogP contribution is 2.47. The second-order valence-corrected chi connectivity index (χ2v) is 13.8. The van der Waals surface area contributed by atoms with Crippen molar-refractivity contribution in [1.82, 2.24) is 19.3 Å². The molecule has 1 aliphatic carbocycles. The van der Waals surface area contributed by atoms with E-state index in [1.165, 1.54) is 35.6 Å². The number of carbonyl (C=O) groups is 1. The van der Waals surface area contributed by atoms with Gasteiger partial charge in [0.1, 0.15) is 23.1 Å². The normalized spacial score (nSPS) is 17.9. The number of sulfonamides is 1. The monoisotopic (exact) mass is 750 g/mol. The predicted octanol–water partition coefficient (Wildman–Crippen LogP) is 4.63. The largest absolute Gasteiger partial charge is 0.573 e. The van der Waals surface area contributed by atoms with Crippen molar-refractivity contribution in [3.8, 4) is 11.5 Å². The van der Waals surface area contributed by atoms with Crippen LogP contribution in [0.2, 0.25) is 0 Å². The van der Waals surface area contributed by atoms with Gasteiger partial charge in [-0.15, -0.1) is 26.3 Å². The maximum atomic E-state index is 13.2. The summed E-state index contributed by atoms with van der Waals surface area (Å²) in [4.78, 5) is 26.8. The number of carboxylic acid groups (broad SMARTS) is 1. The van der Waals surface area contributed by atoms with Crippen molar-refractivity contribution in [1.29, 1.82) is 0 Å². The molecule has 4 aromatic rings. The molecule has 0 radical (unpaired) electrons. The number of hydrogen-bond acceptors (Lipinski definition) is 12. The number of piperazine rings is 1. The molecule has 1 saturated carbocycles. The summed E-state index contributed by atoms with van der Waals surface area (Å²) in [6.45, 7) is 0.0678. The van der Waals surface area contributed by atoms with Crippen LogP contribution in [0.4, 0.5) is 31.5 Å². The van der Waals surface area contributed by atoms with Gasteiger partial charge in [-0.2, -0.15) is 9.29 Å². The lowest BCUT2D eigenvalue weighted by atomic mass is 10.2. The van der Waals surface area contributed by atoms with Crippen LogP contribution in [0, 0.1) is 0 Å². The molecule has 0 spiro atoms. The summed E-state index contributed by atoms with van der Waals surface area (Å²) in [7, 11) is -2.73. The summed E-state index contributed by atoms with van der Waals surface area (Å²) < 4.78 is 113. The first-order valence-corrected chi connectivity index (χ1v) is 16.8. The summed E-state index contributed by atoms with van der Waals surface area (Å²) in [5, 5.41) is 10.3. The molecule has 2 aliphatic rings. The molecular weight excluding hydrogens is 722 g/mol. The molecule has 0 unspecified atom stereocenters. The number of aromatic nitrogens is 3. The first kappa shape index (κ1) is 37.0. The number of nitrogens with two attached hydrogens (primary N) is 1. The number of halogens is 6.